The second kappa shape index (κ2) is 4.59. The van der Waals surface area contributed by atoms with Crippen LogP contribution in [0.15, 0.2) is 0 Å². The Labute approximate surface area is 148 Å². The number of hydrogen-bond donors (Lipinski definition) is 0. The molecule has 0 bridgehead atoms. The second-order valence-corrected chi connectivity index (χ2v) is 9.76. The van der Waals surface area contributed by atoms with Crippen molar-refractivity contribution in [3.8, 4) is 0 Å². The molecule has 3 aliphatic heterocycles. The van der Waals surface area contributed by atoms with Crippen molar-refractivity contribution in [3.05, 3.63) is 0 Å². The van der Waals surface area contributed by atoms with Crippen LogP contribution in [-0.2, 0) is 23.8 Å². The number of ether oxygens (including phenoxy) is 3. The molecule has 0 aromatic heterocycles. The van der Waals surface area contributed by atoms with E-state index in [-0.39, 0.29) is 40.4 Å². The van der Waals surface area contributed by atoms with E-state index in [1.807, 2.05) is 0 Å². The van der Waals surface area contributed by atoms with E-state index in [0.29, 0.717) is 18.9 Å². The summed E-state index contributed by atoms with van der Waals surface area (Å²) in [5.41, 5.74) is -1.20. The first-order valence-corrected chi connectivity index (χ1v) is 9.82. The number of rotatable bonds is 0. The highest BCUT2D eigenvalue weighted by molar-refractivity contribution is 5.80. The van der Waals surface area contributed by atoms with Crippen molar-refractivity contribution in [2.24, 2.45) is 22.7 Å². The minimum atomic E-state index is -0.446. The molecule has 3 saturated heterocycles. The molecule has 0 radical (unpaired) electrons. The standard InChI is InChI=1S/C20H28O5/c1-12-9-13-15-17(2,16(22)24-13)5-4-6-18(15,3)20(12)8-7-19(25-20)10-14(21)23-11-19/h12-13,15H,4-11H2,1-3H3/t12-,13-,15+,17+,18+,19-,20+/m1/s1. The summed E-state index contributed by atoms with van der Waals surface area (Å²) in [6, 6.07) is 0. The molecule has 5 heteroatoms. The average molecular weight is 348 g/mol. The quantitative estimate of drug-likeness (QED) is 0.630. The van der Waals surface area contributed by atoms with Gasteiger partial charge in [-0.25, -0.2) is 0 Å². The molecule has 0 aromatic rings. The molecule has 7 atom stereocenters. The van der Waals surface area contributed by atoms with Gasteiger partial charge in [0.1, 0.15) is 18.3 Å². The summed E-state index contributed by atoms with van der Waals surface area (Å²) in [6.45, 7) is 7.07. The van der Waals surface area contributed by atoms with Gasteiger partial charge in [0.05, 0.1) is 17.4 Å². The van der Waals surface area contributed by atoms with Crippen LogP contribution in [0.1, 0.15) is 65.7 Å². The number of carbonyl (C=O) groups excluding carboxylic acids is 2. The van der Waals surface area contributed by atoms with Gasteiger partial charge in [0.25, 0.3) is 0 Å². The van der Waals surface area contributed by atoms with Gasteiger partial charge in [-0.3, -0.25) is 9.59 Å². The van der Waals surface area contributed by atoms with Crippen LogP contribution in [0.25, 0.3) is 0 Å². The smallest absolute Gasteiger partial charge is 0.312 e. The van der Waals surface area contributed by atoms with Crippen LogP contribution < -0.4 is 0 Å². The third-order valence-corrected chi connectivity index (χ3v) is 8.52. The molecule has 2 saturated carbocycles. The Balaban J connectivity index is 1.59. The fourth-order valence-corrected chi connectivity index (χ4v) is 7.44. The second-order valence-electron chi connectivity index (χ2n) is 9.76. The zero-order valence-corrected chi connectivity index (χ0v) is 15.4. The Morgan fingerprint density at radius 1 is 1.08 bits per heavy atom. The minimum Gasteiger partial charge on any atom is -0.463 e. The van der Waals surface area contributed by atoms with Crippen LogP contribution in [0.4, 0.5) is 0 Å². The molecule has 5 aliphatic rings. The lowest BCUT2D eigenvalue weighted by molar-refractivity contribution is -0.251. The van der Waals surface area contributed by atoms with Gasteiger partial charge in [-0.05, 0) is 44.9 Å². The van der Waals surface area contributed by atoms with E-state index in [4.69, 9.17) is 14.2 Å². The van der Waals surface area contributed by atoms with Gasteiger partial charge in [-0.2, -0.15) is 0 Å². The van der Waals surface area contributed by atoms with Crippen LogP contribution >= 0.6 is 0 Å². The monoisotopic (exact) mass is 348 g/mol. The molecule has 25 heavy (non-hydrogen) atoms. The molecule has 138 valence electrons. The summed E-state index contributed by atoms with van der Waals surface area (Å²) >= 11 is 0. The fraction of sp³-hybridized carbons (Fsp3) is 0.900. The van der Waals surface area contributed by atoms with E-state index in [2.05, 4.69) is 20.8 Å². The van der Waals surface area contributed by atoms with E-state index in [0.717, 1.165) is 38.5 Å². The average Bonchev–Trinajstić information content (AvgIpc) is 3.17. The minimum absolute atomic E-state index is 0.00948. The van der Waals surface area contributed by atoms with E-state index in [9.17, 15) is 9.59 Å². The molecule has 0 N–H and O–H groups in total. The van der Waals surface area contributed by atoms with E-state index < -0.39 is 5.60 Å². The molecule has 0 amide bonds. The maximum Gasteiger partial charge on any atom is 0.312 e. The van der Waals surface area contributed by atoms with Crippen molar-refractivity contribution in [1.82, 2.24) is 0 Å². The molecule has 2 spiro atoms. The Morgan fingerprint density at radius 3 is 2.60 bits per heavy atom. The van der Waals surface area contributed by atoms with Crippen LogP contribution in [0.2, 0.25) is 0 Å². The lowest BCUT2D eigenvalue weighted by Crippen LogP contribution is -2.65. The summed E-state index contributed by atoms with van der Waals surface area (Å²) in [5.74, 6) is 0.369. The number of carbonyl (C=O) groups is 2. The first-order chi connectivity index (χ1) is 11.7. The summed E-state index contributed by atoms with van der Waals surface area (Å²) < 4.78 is 18.0. The maximum absolute atomic E-state index is 12.7. The Bertz CT molecular complexity index is 660. The van der Waals surface area contributed by atoms with Gasteiger partial charge < -0.3 is 14.2 Å². The van der Waals surface area contributed by atoms with Crippen LogP contribution in [0, 0.1) is 22.7 Å². The third kappa shape index (κ3) is 1.74. The SMILES string of the molecule is C[C@@H]1C[C@H]2OC(=O)[C@@]3(C)CCC[C@@](C)([C@@H]23)[C@]12CC[C@@]1(COC(=O)C1)O2. The molecule has 5 rings (SSSR count). The fourth-order valence-electron chi connectivity index (χ4n) is 7.44. The van der Waals surface area contributed by atoms with Crippen molar-refractivity contribution >= 4 is 11.9 Å². The van der Waals surface area contributed by atoms with Crippen LogP contribution in [-0.4, -0.2) is 35.9 Å². The van der Waals surface area contributed by atoms with E-state index in [1.54, 1.807) is 0 Å². The highest BCUT2D eigenvalue weighted by Crippen LogP contribution is 2.70. The lowest BCUT2D eigenvalue weighted by atomic mass is 9.44. The van der Waals surface area contributed by atoms with Gasteiger partial charge in [0, 0.05) is 11.3 Å². The predicted octanol–water partition coefficient (Wildman–Crippen LogP) is 3.00. The van der Waals surface area contributed by atoms with Gasteiger partial charge in [0.15, 0.2) is 0 Å². The van der Waals surface area contributed by atoms with Gasteiger partial charge in [-0.1, -0.05) is 20.3 Å². The van der Waals surface area contributed by atoms with E-state index >= 15 is 0 Å². The number of esters is 2. The summed E-state index contributed by atoms with van der Waals surface area (Å²) in [7, 11) is 0. The molecule has 0 unspecified atom stereocenters. The molecular weight excluding hydrogens is 320 g/mol. The highest BCUT2D eigenvalue weighted by Gasteiger charge is 2.74. The molecule has 5 nitrogen and oxygen atoms in total. The molecule has 2 aliphatic carbocycles. The Kier molecular flexibility index (Phi) is 2.96. The zero-order valence-electron chi connectivity index (χ0n) is 15.4. The van der Waals surface area contributed by atoms with Crippen molar-refractivity contribution in [2.75, 3.05) is 6.61 Å². The lowest BCUT2D eigenvalue weighted by Gasteiger charge is -2.62. The first-order valence-electron chi connectivity index (χ1n) is 9.82. The molecule has 5 fully saturated rings. The summed E-state index contributed by atoms with van der Waals surface area (Å²) in [6.07, 6.45) is 6.10. The van der Waals surface area contributed by atoms with Crippen molar-refractivity contribution in [3.63, 3.8) is 0 Å². The van der Waals surface area contributed by atoms with Crippen molar-refractivity contribution in [1.29, 1.82) is 0 Å². The zero-order chi connectivity index (χ0) is 17.7. The van der Waals surface area contributed by atoms with Gasteiger partial charge >= 0.3 is 11.9 Å². The number of hydrogen-bond acceptors (Lipinski definition) is 5. The molecule has 3 heterocycles. The number of fused-ring (bicyclic) bond motifs is 1. The van der Waals surface area contributed by atoms with Crippen molar-refractivity contribution < 1.29 is 23.8 Å². The summed E-state index contributed by atoms with van der Waals surface area (Å²) in [4.78, 5) is 24.5. The van der Waals surface area contributed by atoms with Crippen LogP contribution in [0.5, 0.6) is 0 Å². The molecule has 0 aromatic carbocycles. The first kappa shape index (κ1) is 16.1. The van der Waals surface area contributed by atoms with Gasteiger partial charge in [-0.15, -0.1) is 0 Å². The maximum atomic E-state index is 12.7. The predicted molar refractivity (Wildman–Crippen MR) is 88.6 cm³/mol. The third-order valence-electron chi connectivity index (χ3n) is 8.52. The van der Waals surface area contributed by atoms with Crippen LogP contribution in [0.3, 0.4) is 0 Å². The summed E-state index contributed by atoms with van der Waals surface area (Å²) in [5, 5.41) is 0. The normalized spacial score (nSPS) is 57.0. The van der Waals surface area contributed by atoms with Crippen molar-refractivity contribution in [2.45, 2.75) is 83.0 Å². The molecular formula is C20H28O5. The largest absolute Gasteiger partial charge is 0.463 e. The topological polar surface area (TPSA) is 61.8 Å². The highest BCUT2D eigenvalue weighted by atomic mass is 16.6. The Morgan fingerprint density at radius 2 is 1.88 bits per heavy atom. The number of cyclic esters (lactones) is 1. The van der Waals surface area contributed by atoms with E-state index in [1.165, 1.54) is 0 Å². The van der Waals surface area contributed by atoms with Gasteiger partial charge in [0.2, 0.25) is 0 Å². The Hall–Kier alpha value is -1.10.